The molecule has 0 spiro atoms. The molecular formula is C21H24N2O3. The lowest BCUT2D eigenvalue weighted by Gasteiger charge is -2.16. The molecule has 1 saturated heterocycles. The van der Waals surface area contributed by atoms with Crippen LogP contribution < -0.4 is 10.1 Å². The fraction of sp³-hybridized carbons (Fsp3) is 0.333. The highest BCUT2D eigenvalue weighted by Crippen LogP contribution is 2.24. The number of benzene rings is 2. The Kier molecular flexibility index (Phi) is 5.89. The summed E-state index contributed by atoms with van der Waals surface area (Å²) in [5.41, 5.74) is 0.704. The zero-order chi connectivity index (χ0) is 18.4. The van der Waals surface area contributed by atoms with E-state index in [9.17, 15) is 9.59 Å². The molecule has 1 aliphatic rings. The Morgan fingerprint density at radius 2 is 1.81 bits per heavy atom. The molecular weight excluding hydrogens is 328 g/mol. The number of carbonyl (C=O) groups is 2. The number of nitrogens with zero attached hydrogens (tertiary/aromatic N) is 1. The highest BCUT2D eigenvalue weighted by Gasteiger charge is 2.33. The van der Waals surface area contributed by atoms with Crippen LogP contribution in [0.3, 0.4) is 0 Å². The van der Waals surface area contributed by atoms with E-state index in [-0.39, 0.29) is 17.7 Å². The summed E-state index contributed by atoms with van der Waals surface area (Å²) >= 11 is 0. The SMILES string of the molecule is CCCCN1CC(C(=O)Nc2ccc(Oc3ccccc3)cc2)CC1=O. The minimum atomic E-state index is -0.278. The molecule has 0 saturated carbocycles. The van der Waals surface area contributed by atoms with Crippen molar-refractivity contribution in [3.63, 3.8) is 0 Å². The first-order valence-electron chi connectivity index (χ1n) is 9.07. The van der Waals surface area contributed by atoms with Gasteiger partial charge in [0.1, 0.15) is 11.5 Å². The number of anilines is 1. The molecule has 0 radical (unpaired) electrons. The quantitative estimate of drug-likeness (QED) is 0.817. The molecule has 1 heterocycles. The number of ether oxygens (including phenoxy) is 1. The monoisotopic (exact) mass is 352 g/mol. The van der Waals surface area contributed by atoms with Crippen molar-refractivity contribution in [1.29, 1.82) is 0 Å². The lowest BCUT2D eigenvalue weighted by molar-refractivity contribution is -0.128. The van der Waals surface area contributed by atoms with E-state index in [1.807, 2.05) is 54.6 Å². The van der Waals surface area contributed by atoms with Crippen LogP contribution in [-0.2, 0) is 9.59 Å². The first-order valence-corrected chi connectivity index (χ1v) is 9.07. The number of rotatable bonds is 7. The predicted molar refractivity (Wildman–Crippen MR) is 101 cm³/mol. The lowest BCUT2D eigenvalue weighted by Crippen LogP contribution is -2.29. The van der Waals surface area contributed by atoms with Gasteiger partial charge in [0, 0.05) is 25.2 Å². The van der Waals surface area contributed by atoms with Crippen LogP contribution in [0.2, 0.25) is 0 Å². The van der Waals surface area contributed by atoms with Crippen molar-refractivity contribution >= 4 is 17.5 Å². The Balaban J connectivity index is 1.54. The van der Waals surface area contributed by atoms with Gasteiger partial charge in [-0.05, 0) is 42.8 Å². The average molecular weight is 352 g/mol. The smallest absolute Gasteiger partial charge is 0.229 e. The Labute approximate surface area is 154 Å². The van der Waals surface area contributed by atoms with Crippen molar-refractivity contribution in [1.82, 2.24) is 4.90 Å². The van der Waals surface area contributed by atoms with Crippen LogP contribution in [0.5, 0.6) is 11.5 Å². The summed E-state index contributed by atoms with van der Waals surface area (Å²) < 4.78 is 5.74. The van der Waals surface area contributed by atoms with Gasteiger partial charge in [-0.2, -0.15) is 0 Å². The van der Waals surface area contributed by atoms with Crippen LogP contribution in [0.4, 0.5) is 5.69 Å². The molecule has 0 aliphatic carbocycles. The maximum absolute atomic E-state index is 12.4. The summed E-state index contributed by atoms with van der Waals surface area (Å²) in [6.07, 6.45) is 2.31. The Bertz CT molecular complexity index is 744. The van der Waals surface area contributed by atoms with Gasteiger partial charge in [-0.1, -0.05) is 31.5 Å². The molecule has 1 N–H and O–H groups in total. The molecule has 1 atom stereocenters. The van der Waals surface area contributed by atoms with Crippen LogP contribution in [0.1, 0.15) is 26.2 Å². The molecule has 1 aliphatic heterocycles. The second-order valence-corrected chi connectivity index (χ2v) is 6.52. The minimum absolute atomic E-state index is 0.0743. The zero-order valence-electron chi connectivity index (χ0n) is 15.0. The largest absolute Gasteiger partial charge is 0.457 e. The molecule has 136 valence electrons. The molecule has 0 bridgehead atoms. The van der Waals surface area contributed by atoms with Crippen molar-refractivity contribution in [2.24, 2.45) is 5.92 Å². The van der Waals surface area contributed by atoms with Gasteiger partial charge in [-0.25, -0.2) is 0 Å². The number of hydrogen-bond donors (Lipinski definition) is 1. The average Bonchev–Trinajstić information content (AvgIpc) is 3.03. The van der Waals surface area contributed by atoms with Crippen LogP contribution in [-0.4, -0.2) is 29.8 Å². The molecule has 1 unspecified atom stereocenters. The topological polar surface area (TPSA) is 58.6 Å². The number of likely N-dealkylation sites (tertiary alicyclic amines) is 1. The molecule has 26 heavy (non-hydrogen) atoms. The van der Waals surface area contributed by atoms with E-state index in [1.165, 1.54) is 0 Å². The maximum Gasteiger partial charge on any atom is 0.229 e. The van der Waals surface area contributed by atoms with E-state index < -0.39 is 0 Å². The summed E-state index contributed by atoms with van der Waals surface area (Å²) in [7, 11) is 0. The van der Waals surface area contributed by atoms with E-state index in [0.29, 0.717) is 24.4 Å². The number of hydrogen-bond acceptors (Lipinski definition) is 3. The van der Waals surface area contributed by atoms with Crippen LogP contribution in [0, 0.1) is 5.92 Å². The number of para-hydroxylation sites is 1. The van der Waals surface area contributed by atoms with E-state index in [2.05, 4.69) is 12.2 Å². The number of unbranched alkanes of at least 4 members (excludes halogenated alkanes) is 1. The highest BCUT2D eigenvalue weighted by molar-refractivity contribution is 5.97. The van der Waals surface area contributed by atoms with Gasteiger partial charge in [0.25, 0.3) is 0 Å². The predicted octanol–water partition coefficient (Wildman–Crippen LogP) is 4.07. The molecule has 0 aromatic heterocycles. The molecule has 1 fully saturated rings. The Morgan fingerprint density at radius 1 is 1.12 bits per heavy atom. The van der Waals surface area contributed by atoms with Crippen molar-refractivity contribution in [2.45, 2.75) is 26.2 Å². The molecule has 2 aromatic rings. The Morgan fingerprint density at radius 3 is 2.50 bits per heavy atom. The van der Waals surface area contributed by atoms with Crippen molar-refractivity contribution in [3.8, 4) is 11.5 Å². The summed E-state index contributed by atoms with van der Waals surface area (Å²) in [6, 6.07) is 16.8. The van der Waals surface area contributed by atoms with Crippen molar-refractivity contribution in [3.05, 3.63) is 54.6 Å². The number of nitrogens with one attached hydrogen (secondary N) is 1. The third-order valence-corrected chi connectivity index (χ3v) is 4.47. The minimum Gasteiger partial charge on any atom is -0.457 e. The van der Waals surface area contributed by atoms with Gasteiger partial charge in [-0.3, -0.25) is 9.59 Å². The van der Waals surface area contributed by atoms with Gasteiger partial charge in [0.2, 0.25) is 11.8 Å². The summed E-state index contributed by atoms with van der Waals surface area (Å²) in [6.45, 7) is 3.35. The number of carbonyl (C=O) groups excluding carboxylic acids is 2. The van der Waals surface area contributed by atoms with E-state index in [4.69, 9.17) is 4.74 Å². The van der Waals surface area contributed by atoms with Gasteiger partial charge in [-0.15, -0.1) is 0 Å². The zero-order valence-corrected chi connectivity index (χ0v) is 15.0. The van der Waals surface area contributed by atoms with E-state index >= 15 is 0 Å². The van der Waals surface area contributed by atoms with E-state index in [0.717, 1.165) is 25.1 Å². The van der Waals surface area contributed by atoms with Crippen LogP contribution >= 0.6 is 0 Å². The maximum atomic E-state index is 12.4. The molecule has 5 heteroatoms. The normalized spacial score (nSPS) is 16.6. The standard InChI is InChI=1S/C21H24N2O3/c1-2-3-13-23-15-16(14-20(23)24)21(25)22-17-9-11-19(12-10-17)26-18-7-5-4-6-8-18/h4-12,16H,2-3,13-15H2,1H3,(H,22,25). The first kappa shape index (κ1) is 18.0. The highest BCUT2D eigenvalue weighted by atomic mass is 16.5. The summed E-state index contributed by atoms with van der Waals surface area (Å²) in [5.74, 6) is 1.16. The second-order valence-electron chi connectivity index (χ2n) is 6.52. The van der Waals surface area contributed by atoms with Gasteiger partial charge < -0.3 is 15.0 Å². The summed E-state index contributed by atoms with van der Waals surface area (Å²) in [4.78, 5) is 26.2. The van der Waals surface area contributed by atoms with Crippen molar-refractivity contribution < 1.29 is 14.3 Å². The van der Waals surface area contributed by atoms with Crippen molar-refractivity contribution in [2.75, 3.05) is 18.4 Å². The van der Waals surface area contributed by atoms with Gasteiger partial charge in [0.05, 0.1) is 5.92 Å². The van der Waals surface area contributed by atoms with Gasteiger partial charge in [0.15, 0.2) is 0 Å². The fourth-order valence-corrected chi connectivity index (χ4v) is 2.99. The van der Waals surface area contributed by atoms with E-state index in [1.54, 1.807) is 4.90 Å². The third-order valence-electron chi connectivity index (χ3n) is 4.47. The number of amides is 2. The van der Waals surface area contributed by atoms with Gasteiger partial charge >= 0.3 is 0 Å². The third kappa shape index (κ3) is 4.63. The second kappa shape index (κ2) is 8.52. The Hall–Kier alpha value is -2.82. The van der Waals surface area contributed by atoms with Crippen LogP contribution in [0.25, 0.3) is 0 Å². The molecule has 3 rings (SSSR count). The molecule has 5 nitrogen and oxygen atoms in total. The summed E-state index contributed by atoms with van der Waals surface area (Å²) in [5, 5.41) is 2.90. The van der Waals surface area contributed by atoms with Crippen LogP contribution in [0.15, 0.2) is 54.6 Å². The molecule has 2 aromatic carbocycles. The fourth-order valence-electron chi connectivity index (χ4n) is 2.99. The molecule has 2 amide bonds. The lowest BCUT2D eigenvalue weighted by atomic mass is 10.1. The first-order chi connectivity index (χ1) is 12.7.